The van der Waals surface area contributed by atoms with Crippen LogP contribution in [0.25, 0.3) is 16.6 Å². The second kappa shape index (κ2) is 9.66. The molecule has 0 saturated carbocycles. The third-order valence-corrected chi connectivity index (χ3v) is 6.06. The van der Waals surface area contributed by atoms with Crippen molar-refractivity contribution in [2.75, 3.05) is 5.32 Å². The molecule has 174 valence electrons. The number of anilines is 1. The number of aromatic nitrogens is 4. The number of nitrogens with zero attached hydrogens (tertiary/aromatic N) is 5. The molecule has 11 heteroatoms. The first kappa shape index (κ1) is 24.1. The summed E-state index contributed by atoms with van der Waals surface area (Å²) in [7, 11) is 0. The van der Waals surface area contributed by atoms with Gasteiger partial charge in [-0.25, -0.2) is 19.3 Å². The number of aliphatic imine (C=N–C) groups is 1. The monoisotopic (exact) mass is 518 g/mol. The standard InChI is InChI=1S/C23H18Cl3FN6O/c1-4-16(31-21-20(28-3)11(2)29-10-30-21)22-32-17-6-5-15(27)19(26)18(17)23(34)33(22)14-8-12(24)7-13(25)9-14/h5-10,16H,3-4H2,1-2H3,(H,29,30,31). The second-order valence-electron chi connectivity index (χ2n) is 7.41. The lowest BCUT2D eigenvalue weighted by atomic mass is 10.1. The Labute approximate surface area is 209 Å². The zero-order chi connectivity index (χ0) is 24.6. The van der Waals surface area contributed by atoms with Crippen LogP contribution in [0.4, 0.5) is 15.9 Å². The number of rotatable bonds is 6. The smallest absolute Gasteiger partial charge is 0.267 e. The lowest BCUT2D eigenvalue weighted by Gasteiger charge is -2.23. The highest BCUT2D eigenvalue weighted by molar-refractivity contribution is 6.35. The van der Waals surface area contributed by atoms with Gasteiger partial charge in [-0.1, -0.05) is 41.7 Å². The first-order valence-electron chi connectivity index (χ1n) is 10.2. The van der Waals surface area contributed by atoms with E-state index in [-0.39, 0.29) is 15.9 Å². The normalized spacial score (nSPS) is 12.1. The van der Waals surface area contributed by atoms with Crippen LogP contribution in [0.1, 0.15) is 30.9 Å². The van der Waals surface area contributed by atoms with Gasteiger partial charge in [-0.05, 0) is 50.4 Å². The van der Waals surface area contributed by atoms with E-state index in [4.69, 9.17) is 39.8 Å². The van der Waals surface area contributed by atoms with Crippen molar-refractivity contribution < 1.29 is 4.39 Å². The van der Waals surface area contributed by atoms with Crippen LogP contribution in [0.15, 0.2) is 46.4 Å². The molecule has 0 spiro atoms. The van der Waals surface area contributed by atoms with E-state index in [1.54, 1.807) is 25.1 Å². The van der Waals surface area contributed by atoms with E-state index in [1.807, 2.05) is 6.92 Å². The summed E-state index contributed by atoms with van der Waals surface area (Å²) in [5.41, 5.74) is 1.15. The molecule has 2 aromatic heterocycles. The van der Waals surface area contributed by atoms with Crippen LogP contribution in [0.5, 0.6) is 0 Å². The molecule has 0 radical (unpaired) electrons. The van der Waals surface area contributed by atoms with Gasteiger partial charge in [0.15, 0.2) is 5.82 Å². The van der Waals surface area contributed by atoms with Crippen LogP contribution in [0, 0.1) is 12.7 Å². The molecule has 4 aromatic rings. The summed E-state index contributed by atoms with van der Waals surface area (Å²) in [6.07, 6.45) is 1.90. The van der Waals surface area contributed by atoms with Gasteiger partial charge in [0.25, 0.3) is 5.56 Å². The van der Waals surface area contributed by atoms with Crippen molar-refractivity contribution in [3.8, 4) is 5.69 Å². The molecule has 34 heavy (non-hydrogen) atoms. The number of halogens is 4. The highest BCUT2D eigenvalue weighted by Crippen LogP contribution is 2.32. The van der Waals surface area contributed by atoms with Gasteiger partial charge < -0.3 is 5.32 Å². The summed E-state index contributed by atoms with van der Waals surface area (Å²) >= 11 is 18.6. The first-order chi connectivity index (χ1) is 16.2. The van der Waals surface area contributed by atoms with Crippen LogP contribution in [0.3, 0.4) is 0 Å². The third-order valence-electron chi connectivity index (χ3n) is 5.25. The van der Waals surface area contributed by atoms with Crippen LogP contribution in [-0.2, 0) is 0 Å². The summed E-state index contributed by atoms with van der Waals surface area (Å²) < 4.78 is 15.6. The molecule has 1 unspecified atom stereocenters. The van der Waals surface area contributed by atoms with E-state index in [2.05, 4.69) is 27.0 Å². The molecule has 4 rings (SSSR count). The Kier molecular flexibility index (Phi) is 6.84. The summed E-state index contributed by atoms with van der Waals surface area (Å²) in [4.78, 5) is 30.8. The van der Waals surface area contributed by atoms with E-state index in [1.165, 1.54) is 23.0 Å². The summed E-state index contributed by atoms with van der Waals surface area (Å²) in [6, 6.07) is 6.74. The lowest BCUT2D eigenvalue weighted by molar-refractivity contribution is 0.628. The fraction of sp³-hybridized carbons (Fsp3) is 0.174. The van der Waals surface area contributed by atoms with Gasteiger partial charge in [0.1, 0.15) is 23.7 Å². The SMILES string of the molecule is C=Nc1c(C)ncnc1NC(CC)c1nc2ccc(F)c(Cl)c2c(=O)n1-c1cc(Cl)cc(Cl)c1. The fourth-order valence-corrected chi connectivity index (χ4v) is 4.41. The Hall–Kier alpha value is -3.07. The number of nitrogens with one attached hydrogen (secondary N) is 1. The van der Waals surface area contributed by atoms with Crippen LogP contribution in [0.2, 0.25) is 15.1 Å². The van der Waals surface area contributed by atoms with E-state index in [0.717, 1.165) is 0 Å². The lowest BCUT2D eigenvalue weighted by Crippen LogP contribution is -2.28. The van der Waals surface area contributed by atoms with Crippen molar-refractivity contribution in [2.24, 2.45) is 4.99 Å². The summed E-state index contributed by atoms with van der Waals surface area (Å²) in [6.45, 7) is 7.29. The maximum Gasteiger partial charge on any atom is 0.267 e. The van der Waals surface area contributed by atoms with Crippen LogP contribution in [-0.4, -0.2) is 26.2 Å². The average molecular weight is 520 g/mol. The summed E-state index contributed by atoms with van der Waals surface area (Å²) in [5, 5.41) is 3.55. The number of benzene rings is 2. The molecule has 0 aliphatic heterocycles. The molecular weight excluding hydrogens is 502 g/mol. The van der Waals surface area contributed by atoms with Crippen molar-refractivity contribution in [1.29, 1.82) is 0 Å². The Morgan fingerprint density at radius 2 is 1.88 bits per heavy atom. The van der Waals surface area contributed by atoms with Crippen molar-refractivity contribution in [3.63, 3.8) is 0 Å². The number of fused-ring (bicyclic) bond motifs is 1. The maximum absolute atomic E-state index is 14.2. The van der Waals surface area contributed by atoms with Crippen molar-refractivity contribution in [1.82, 2.24) is 19.5 Å². The predicted molar refractivity (Wildman–Crippen MR) is 135 cm³/mol. The Morgan fingerprint density at radius 1 is 1.18 bits per heavy atom. The van der Waals surface area contributed by atoms with E-state index >= 15 is 0 Å². The molecule has 0 aliphatic carbocycles. The zero-order valence-electron chi connectivity index (χ0n) is 18.1. The van der Waals surface area contributed by atoms with Crippen molar-refractivity contribution in [2.45, 2.75) is 26.3 Å². The van der Waals surface area contributed by atoms with Crippen LogP contribution >= 0.6 is 34.8 Å². The molecular formula is C23H18Cl3FN6O. The minimum absolute atomic E-state index is 0.0531. The molecule has 1 atom stereocenters. The fourth-order valence-electron chi connectivity index (χ4n) is 3.65. The van der Waals surface area contributed by atoms with Gasteiger partial charge >= 0.3 is 0 Å². The largest absolute Gasteiger partial charge is 0.358 e. The minimum atomic E-state index is -0.722. The highest BCUT2D eigenvalue weighted by atomic mass is 35.5. The van der Waals surface area contributed by atoms with Crippen molar-refractivity contribution >= 4 is 63.9 Å². The minimum Gasteiger partial charge on any atom is -0.358 e. The van der Waals surface area contributed by atoms with E-state index in [9.17, 15) is 9.18 Å². The number of aryl methyl sites for hydroxylation is 1. The van der Waals surface area contributed by atoms with Gasteiger partial charge in [-0.2, -0.15) is 0 Å². The van der Waals surface area contributed by atoms with Crippen LogP contribution < -0.4 is 10.9 Å². The third kappa shape index (κ3) is 4.36. The predicted octanol–water partition coefficient (Wildman–Crippen LogP) is 6.48. The molecule has 0 amide bonds. The Bertz CT molecular complexity index is 1470. The molecule has 0 bridgehead atoms. The molecule has 1 N–H and O–H groups in total. The summed E-state index contributed by atoms with van der Waals surface area (Å²) in [5.74, 6) is 0.0311. The number of hydrogen-bond donors (Lipinski definition) is 1. The average Bonchev–Trinajstić information content (AvgIpc) is 2.79. The second-order valence-corrected chi connectivity index (χ2v) is 8.66. The van der Waals surface area contributed by atoms with Gasteiger partial charge in [0.05, 0.1) is 33.3 Å². The number of hydrogen-bond acceptors (Lipinski definition) is 6. The van der Waals surface area contributed by atoms with Gasteiger partial charge in [0, 0.05) is 10.0 Å². The highest BCUT2D eigenvalue weighted by Gasteiger charge is 2.24. The molecule has 0 fully saturated rings. The molecule has 2 aromatic carbocycles. The van der Waals surface area contributed by atoms with Gasteiger partial charge in [-0.15, -0.1) is 0 Å². The van der Waals surface area contributed by atoms with Gasteiger partial charge in [-0.3, -0.25) is 14.4 Å². The Morgan fingerprint density at radius 3 is 2.53 bits per heavy atom. The van der Waals surface area contributed by atoms with Crippen molar-refractivity contribution in [3.05, 3.63) is 79.4 Å². The molecule has 0 saturated heterocycles. The molecule has 7 nitrogen and oxygen atoms in total. The topological polar surface area (TPSA) is 85.1 Å². The molecule has 2 heterocycles. The van der Waals surface area contributed by atoms with Gasteiger partial charge in [0.2, 0.25) is 0 Å². The quantitative estimate of drug-likeness (QED) is 0.295. The first-order valence-corrected chi connectivity index (χ1v) is 11.3. The zero-order valence-corrected chi connectivity index (χ0v) is 20.4. The van der Waals surface area contributed by atoms with E-state index in [0.29, 0.717) is 45.2 Å². The maximum atomic E-state index is 14.2. The Balaban J connectivity index is 2.02. The molecule has 0 aliphatic rings. The van der Waals surface area contributed by atoms with E-state index < -0.39 is 17.4 Å².